The Labute approximate surface area is 192 Å². The number of urea groups is 1. The Morgan fingerprint density at radius 2 is 1.79 bits per heavy atom. The number of hydrogen-bond acceptors (Lipinski definition) is 7. The number of nitro groups is 1. The van der Waals surface area contributed by atoms with Gasteiger partial charge >= 0.3 is 6.03 Å². The van der Waals surface area contributed by atoms with E-state index in [1.54, 1.807) is 25.1 Å². The van der Waals surface area contributed by atoms with Crippen molar-refractivity contribution in [1.82, 2.24) is 14.5 Å². The third-order valence-corrected chi connectivity index (χ3v) is 7.36. The predicted molar refractivity (Wildman–Crippen MR) is 120 cm³/mol. The van der Waals surface area contributed by atoms with Gasteiger partial charge in [-0.2, -0.15) is 4.31 Å². The molecule has 2 amide bonds. The highest BCUT2D eigenvalue weighted by molar-refractivity contribution is 7.89. The normalized spacial score (nSPS) is 15.5. The van der Waals surface area contributed by atoms with Gasteiger partial charge in [-0.05, 0) is 24.6 Å². The second-order valence-electron chi connectivity index (χ2n) is 7.43. The highest BCUT2D eigenvalue weighted by Crippen LogP contribution is 2.31. The Bertz CT molecular complexity index is 1130. The number of methoxy groups -OCH3 is 2. The van der Waals surface area contributed by atoms with E-state index in [0.29, 0.717) is 11.3 Å². The molecule has 2 aromatic rings. The quantitative estimate of drug-likeness (QED) is 0.477. The van der Waals surface area contributed by atoms with Gasteiger partial charge in [0.2, 0.25) is 10.0 Å². The van der Waals surface area contributed by atoms with Crippen molar-refractivity contribution < 1.29 is 27.6 Å². The molecule has 1 saturated heterocycles. The number of ether oxygens (including phenoxy) is 2. The number of carbonyl (C=O) groups excluding carboxylic acids is 1. The highest BCUT2D eigenvalue weighted by Gasteiger charge is 2.33. The first-order valence-corrected chi connectivity index (χ1v) is 11.6. The van der Waals surface area contributed by atoms with Gasteiger partial charge in [-0.15, -0.1) is 0 Å². The lowest BCUT2D eigenvalue weighted by atomic mass is 10.1. The molecule has 11 nitrogen and oxygen atoms in total. The van der Waals surface area contributed by atoms with Crippen LogP contribution in [0.15, 0.2) is 47.4 Å². The van der Waals surface area contributed by atoms with Crippen molar-refractivity contribution in [2.24, 2.45) is 0 Å². The molecule has 1 unspecified atom stereocenters. The van der Waals surface area contributed by atoms with Crippen molar-refractivity contribution in [3.8, 4) is 11.5 Å². The standard InChI is InChI=1S/C21H26N4O7S/c1-15(16-5-4-6-17(13-16)25(27)28)22-21(26)23-9-11-24(12-10-23)33(29,30)20-14-18(31-2)7-8-19(20)32-3/h4-8,13-15H,9-12H2,1-3H3,(H,22,26). The minimum Gasteiger partial charge on any atom is -0.497 e. The van der Waals surface area contributed by atoms with Crippen LogP contribution < -0.4 is 14.8 Å². The van der Waals surface area contributed by atoms with Crippen LogP contribution in [0.4, 0.5) is 10.5 Å². The fourth-order valence-electron chi connectivity index (χ4n) is 3.52. The fourth-order valence-corrected chi connectivity index (χ4v) is 5.12. The van der Waals surface area contributed by atoms with Crippen LogP contribution in [0.25, 0.3) is 0 Å². The summed E-state index contributed by atoms with van der Waals surface area (Å²) in [4.78, 5) is 24.7. The Morgan fingerprint density at radius 1 is 1.09 bits per heavy atom. The molecule has 12 heteroatoms. The van der Waals surface area contributed by atoms with Crippen molar-refractivity contribution in [3.63, 3.8) is 0 Å². The van der Waals surface area contributed by atoms with Gasteiger partial charge in [0.1, 0.15) is 16.4 Å². The number of nitro benzene ring substituents is 1. The maximum atomic E-state index is 13.2. The topological polar surface area (TPSA) is 131 Å². The van der Waals surface area contributed by atoms with Crippen molar-refractivity contribution in [2.75, 3.05) is 40.4 Å². The molecular weight excluding hydrogens is 452 g/mol. The molecular formula is C21H26N4O7S. The number of benzene rings is 2. The summed E-state index contributed by atoms with van der Waals surface area (Å²) in [5.74, 6) is 0.601. The molecule has 1 heterocycles. The number of hydrogen-bond donors (Lipinski definition) is 1. The van der Waals surface area contributed by atoms with Crippen molar-refractivity contribution >= 4 is 21.7 Å². The van der Waals surface area contributed by atoms with Gasteiger partial charge in [-0.3, -0.25) is 10.1 Å². The number of rotatable bonds is 7. The summed E-state index contributed by atoms with van der Waals surface area (Å²) < 4.78 is 38.0. The summed E-state index contributed by atoms with van der Waals surface area (Å²) in [7, 11) is -1.02. The zero-order valence-electron chi connectivity index (χ0n) is 18.6. The molecule has 0 saturated carbocycles. The van der Waals surface area contributed by atoms with Crippen LogP contribution in [-0.4, -0.2) is 69.0 Å². The van der Waals surface area contributed by atoms with Crippen LogP contribution in [-0.2, 0) is 10.0 Å². The van der Waals surface area contributed by atoms with E-state index in [-0.39, 0.29) is 48.5 Å². The summed E-state index contributed by atoms with van der Waals surface area (Å²) in [6, 6.07) is 9.79. The first-order valence-electron chi connectivity index (χ1n) is 10.2. The summed E-state index contributed by atoms with van der Waals surface area (Å²) >= 11 is 0. The number of nitrogens with one attached hydrogen (secondary N) is 1. The molecule has 0 aromatic heterocycles. The number of nitrogens with zero attached hydrogens (tertiary/aromatic N) is 3. The van der Waals surface area contributed by atoms with E-state index in [1.807, 2.05) is 0 Å². The van der Waals surface area contributed by atoms with Crippen LogP contribution in [0.2, 0.25) is 0 Å². The monoisotopic (exact) mass is 478 g/mol. The third-order valence-electron chi connectivity index (χ3n) is 5.44. The molecule has 0 spiro atoms. The molecule has 0 bridgehead atoms. The molecule has 178 valence electrons. The molecule has 0 radical (unpaired) electrons. The Balaban J connectivity index is 1.65. The van der Waals surface area contributed by atoms with Crippen LogP contribution in [0.1, 0.15) is 18.5 Å². The maximum absolute atomic E-state index is 13.2. The average molecular weight is 479 g/mol. The predicted octanol–water partition coefficient (Wildman–Crippen LogP) is 2.39. The second kappa shape index (κ2) is 10.0. The van der Waals surface area contributed by atoms with E-state index in [4.69, 9.17) is 9.47 Å². The average Bonchev–Trinajstić information content (AvgIpc) is 2.83. The van der Waals surface area contributed by atoms with E-state index < -0.39 is 21.0 Å². The van der Waals surface area contributed by atoms with Crippen LogP contribution >= 0.6 is 0 Å². The van der Waals surface area contributed by atoms with E-state index in [2.05, 4.69) is 5.32 Å². The van der Waals surface area contributed by atoms with E-state index in [0.717, 1.165) is 0 Å². The zero-order chi connectivity index (χ0) is 24.2. The number of sulfonamides is 1. The fraction of sp³-hybridized carbons (Fsp3) is 0.381. The van der Waals surface area contributed by atoms with Gasteiger partial charge in [0.25, 0.3) is 5.69 Å². The Kier molecular flexibility index (Phi) is 7.39. The Morgan fingerprint density at radius 3 is 2.39 bits per heavy atom. The summed E-state index contributed by atoms with van der Waals surface area (Å²) in [5.41, 5.74) is 0.546. The number of non-ortho nitro benzene ring substituents is 1. The molecule has 1 fully saturated rings. The largest absolute Gasteiger partial charge is 0.497 e. The molecule has 1 N–H and O–H groups in total. The van der Waals surface area contributed by atoms with Gasteiger partial charge in [-0.25, -0.2) is 13.2 Å². The van der Waals surface area contributed by atoms with Crippen molar-refractivity contribution in [3.05, 3.63) is 58.1 Å². The zero-order valence-corrected chi connectivity index (χ0v) is 19.4. The lowest BCUT2D eigenvalue weighted by molar-refractivity contribution is -0.384. The first-order chi connectivity index (χ1) is 15.7. The van der Waals surface area contributed by atoms with Gasteiger partial charge in [0.15, 0.2) is 0 Å². The van der Waals surface area contributed by atoms with E-state index in [9.17, 15) is 23.3 Å². The molecule has 0 aliphatic carbocycles. The summed E-state index contributed by atoms with van der Waals surface area (Å²) in [6.45, 7) is 2.34. The van der Waals surface area contributed by atoms with Crippen molar-refractivity contribution in [2.45, 2.75) is 17.9 Å². The molecule has 1 aliphatic rings. The smallest absolute Gasteiger partial charge is 0.317 e. The lowest BCUT2D eigenvalue weighted by Gasteiger charge is -2.34. The van der Waals surface area contributed by atoms with Gasteiger partial charge < -0.3 is 19.7 Å². The maximum Gasteiger partial charge on any atom is 0.317 e. The minimum absolute atomic E-state index is 0.00143. The lowest BCUT2D eigenvalue weighted by Crippen LogP contribution is -2.53. The number of amides is 2. The molecule has 33 heavy (non-hydrogen) atoms. The van der Waals surface area contributed by atoms with Gasteiger partial charge in [0, 0.05) is 44.4 Å². The highest BCUT2D eigenvalue weighted by atomic mass is 32.2. The third kappa shape index (κ3) is 5.34. The number of piperazine rings is 1. The molecule has 1 aliphatic heterocycles. The Hall–Kier alpha value is -3.38. The van der Waals surface area contributed by atoms with E-state index in [1.165, 1.54) is 47.7 Å². The number of carbonyl (C=O) groups is 1. The van der Waals surface area contributed by atoms with Crippen molar-refractivity contribution in [1.29, 1.82) is 0 Å². The van der Waals surface area contributed by atoms with Crippen LogP contribution in [0, 0.1) is 10.1 Å². The van der Waals surface area contributed by atoms with Gasteiger partial charge in [0.05, 0.1) is 25.2 Å². The SMILES string of the molecule is COc1ccc(OC)c(S(=O)(=O)N2CCN(C(=O)NC(C)c3cccc([N+](=O)[O-])c3)CC2)c1. The molecule has 1 atom stereocenters. The minimum atomic E-state index is -3.86. The van der Waals surface area contributed by atoms with E-state index >= 15 is 0 Å². The van der Waals surface area contributed by atoms with Crippen LogP contribution in [0.3, 0.4) is 0 Å². The van der Waals surface area contributed by atoms with Gasteiger partial charge in [-0.1, -0.05) is 12.1 Å². The van der Waals surface area contributed by atoms with Crippen LogP contribution in [0.5, 0.6) is 11.5 Å². The summed E-state index contributed by atoms with van der Waals surface area (Å²) in [5, 5.41) is 13.8. The molecule has 3 rings (SSSR count). The molecule has 2 aromatic carbocycles. The summed E-state index contributed by atoms with van der Waals surface area (Å²) in [6.07, 6.45) is 0. The second-order valence-corrected chi connectivity index (χ2v) is 9.34. The first kappa shape index (κ1) is 24.3.